The fourth-order valence-corrected chi connectivity index (χ4v) is 11.0. The first-order chi connectivity index (χ1) is 29.0. The molecule has 0 radical (unpaired) electrons. The highest BCUT2D eigenvalue weighted by Gasteiger charge is 2.84. The minimum Gasteiger partial charge on any atom is -0.460 e. The molecule has 8 aromatic rings. The normalized spacial score (nSPS) is 20.7. The number of aromatic nitrogens is 1. The number of hydrogen-bond acceptors (Lipinski definition) is 4. The number of ether oxygens (including phenoxy) is 1. The van der Waals surface area contributed by atoms with Crippen molar-refractivity contribution >= 4 is 33.5 Å². The van der Waals surface area contributed by atoms with E-state index in [1.807, 2.05) is 12.1 Å². The molecular formula is C54H38N4O. The van der Waals surface area contributed by atoms with Crippen LogP contribution in [0.25, 0.3) is 49.7 Å². The maximum atomic E-state index is 6.77. The fourth-order valence-electron chi connectivity index (χ4n) is 11.0. The summed E-state index contributed by atoms with van der Waals surface area (Å²) in [4.78, 5) is 11.1. The standard InChI is InChI=1S/C54H38N4O/c1-52(2)42-22-13-12-21-38(42)39-27-28-40-41-31-35(25-29-44(41)58(49(40)48(39)52)37-19-10-5-11-20-37)36-26-30-45-43(32-36)53-46(23-14-24-47(53)59-45)54(53)56-50(33-15-6-3-7-16-33)55-51(57-54)34-17-8-4-9-18-34/h3-32,46H,1-2H3,(H,55,56,57). The van der Waals surface area contributed by atoms with E-state index in [1.54, 1.807) is 0 Å². The third kappa shape index (κ3) is 4.19. The van der Waals surface area contributed by atoms with Crippen LogP contribution in [0.5, 0.6) is 5.75 Å². The summed E-state index contributed by atoms with van der Waals surface area (Å²) < 4.78 is 9.26. The van der Waals surface area contributed by atoms with E-state index in [1.165, 1.54) is 44.1 Å². The number of allylic oxidation sites excluding steroid dienone is 2. The Morgan fingerprint density at radius 2 is 1.25 bits per heavy atom. The summed E-state index contributed by atoms with van der Waals surface area (Å²) in [5, 5.41) is 6.11. The van der Waals surface area contributed by atoms with Crippen LogP contribution in [0.4, 0.5) is 0 Å². The number of rotatable bonds is 4. The van der Waals surface area contributed by atoms with Gasteiger partial charge in [0, 0.05) is 44.5 Å². The number of hydrogen-bond donors (Lipinski definition) is 1. The first kappa shape index (κ1) is 32.8. The van der Waals surface area contributed by atoms with Gasteiger partial charge in [0.25, 0.3) is 0 Å². The van der Waals surface area contributed by atoms with Crippen molar-refractivity contribution in [1.82, 2.24) is 9.88 Å². The molecular weight excluding hydrogens is 721 g/mol. The summed E-state index contributed by atoms with van der Waals surface area (Å²) >= 11 is 0. The zero-order chi connectivity index (χ0) is 39.1. The molecule has 5 aliphatic rings. The molecule has 7 aromatic carbocycles. The van der Waals surface area contributed by atoms with Gasteiger partial charge in [0.15, 0.2) is 5.66 Å². The van der Waals surface area contributed by atoms with Crippen molar-refractivity contribution in [3.63, 3.8) is 0 Å². The predicted molar refractivity (Wildman–Crippen MR) is 239 cm³/mol. The third-order valence-electron chi connectivity index (χ3n) is 13.6. The number of fused-ring (bicyclic) bond motifs is 9. The first-order valence-electron chi connectivity index (χ1n) is 20.5. The Bertz CT molecular complexity index is 3190. The van der Waals surface area contributed by atoms with Gasteiger partial charge in [0.1, 0.15) is 28.6 Å². The molecule has 1 fully saturated rings. The molecule has 0 saturated heterocycles. The molecule has 2 unspecified atom stereocenters. The maximum absolute atomic E-state index is 6.77. The van der Waals surface area contributed by atoms with E-state index in [4.69, 9.17) is 14.7 Å². The molecule has 3 aliphatic carbocycles. The second-order valence-electron chi connectivity index (χ2n) is 17.0. The van der Waals surface area contributed by atoms with Gasteiger partial charge in [-0.05, 0) is 75.9 Å². The van der Waals surface area contributed by atoms with E-state index in [-0.39, 0.29) is 11.3 Å². The Morgan fingerprint density at radius 3 is 2.00 bits per heavy atom. The lowest BCUT2D eigenvalue weighted by atomic mass is 9.81. The molecule has 2 aliphatic heterocycles. The summed E-state index contributed by atoms with van der Waals surface area (Å²) in [7, 11) is 0. The second-order valence-corrected chi connectivity index (χ2v) is 17.0. The van der Waals surface area contributed by atoms with Gasteiger partial charge in [-0.15, -0.1) is 0 Å². The molecule has 1 saturated carbocycles. The highest BCUT2D eigenvalue weighted by Crippen LogP contribution is 2.76. The molecule has 59 heavy (non-hydrogen) atoms. The van der Waals surface area contributed by atoms with Gasteiger partial charge >= 0.3 is 0 Å². The molecule has 3 heterocycles. The number of nitrogens with one attached hydrogen (secondary N) is 1. The average Bonchev–Trinajstić information content (AvgIpc) is 3.51. The largest absolute Gasteiger partial charge is 0.460 e. The Balaban J connectivity index is 1.00. The minimum atomic E-state index is -0.810. The lowest BCUT2D eigenvalue weighted by Crippen LogP contribution is -2.40. The van der Waals surface area contributed by atoms with Gasteiger partial charge in [0.2, 0.25) is 0 Å². The molecule has 5 nitrogen and oxygen atoms in total. The van der Waals surface area contributed by atoms with Gasteiger partial charge in [-0.25, -0.2) is 9.98 Å². The van der Waals surface area contributed by atoms with Crippen molar-refractivity contribution in [3.05, 3.63) is 216 Å². The molecule has 1 N–H and O–H groups in total. The van der Waals surface area contributed by atoms with E-state index in [0.29, 0.717) is 0 Å². The zero-order valence-corrected chi connectivity index (χ0v) is 32.6. The molecule has 280 valence electrons. The Kier molecular flexibility index (Phi) is 6.37. The summed E-state index contributed by atoms with van der Waals surface area (Å²) in [6.07, 6.45) is 6.51. The van der Waals surface area contributed by atoms with E-state index < -0.39 is 11.1 Å². The van der Waals surface area contributed by atoms with Crippen LogP contribution in [0.15, 0.2) is 198 Å². The fraction of sp³-hybridized carbons (Fsp3) is 0.111. The van der Waals surface area contributed by atoms with Crippen LogP contribution in [-0.4, -0.2) is 21.9 Å². The highest BCUT2D eigenvalue weighted by atomic mass is 16.5. The van der Waals surface area contributed by atoms with Gasteiger partial charge in [-0.3, -0.25) is 0 Å². The monoisotopic (exact) mass is 758 g/mol. The summed E-state index contributed by atoms with van der Waals surface area (Å²) in [5.74, 6) is 3.41. The lowest BCUT2D eigenvalue weighted by molar-refractivity contribution is 0.404. The van der Waals surface area contributed by atoms with Crippen LogP contribution in [0, 0.1) is 5.92 Å². The highest BCUT2D eigenvalue weighted by molar-refractivity contribution is 6.17. The van der Waals surface area contributed by atoms with Crippen molar-refractivity contribution in [2.24, 2.45) is 15.9 Å². The molecule has 0 amide bonds. The summed E-state index contributed by atoms with van der Waals surface area (Å²) in [5.41, 5.74) is 13.0. The Morgan fingerprint density at radius 1 is 0.593 bits per heavy atom. The summed E-state index contributed by atoms with van der Waals surface area (Å²) in [6, 6.07) is 58.9. The van der Waals surface area contributed by atoms with Gasteiger partial charge in [-0.1, -0.05) is 153 Å². The van der Waals surface area contributed by atoms with E-state index in [0.717, 1.165) is 56.7 Å². The van der Waals surface area contributed by atoms with Crippen molar-refractivity contribution in [2.75, 3.05) is 0 Å². The number of aliphatic imine (C=N–C) groups is 2. The maximum Gasteiger partial charge on any atom is 0.179 e. The van der Waals surface area contributed by atoms with E-state index >= 15 is 0 Å². The number of nitrogens with zero attached hydrogens (tertiary/aromatic N) is 3. The number of benzene rings is 7. The second kappa shape index (κ2) is 11.5. The van der Waals surface area contributed by atoms with Crippen LogP contribution in [-0.2, 0) is 10.8 Å². The van der Waals surface area contributed by atoms with Crippen molar-refractivity contribution < 1.29 is 4.74 Å². The van der Waals surface area contributed by atoms with Gasteiger partial charge < -0.3 is 14.6 Å². The predicted octanol–water partition coefficient (Wildman–Crippen LogP) is 11.7. The van der Waals surface area contributed by atoms with Crippen molar-refractivity contribution in [2.45, 2.75) is 30.3 Å². The van der Waals surface area contributed by atoms with Crippen molar-refractivity contribution in [3.8, 4) is 33.7 Å². The van der Waals surface area contributed by atoms with Crippen LogP contribution in [0.1, 0.15) is 41.7 Å². The molecule has 0 bridgehead atoms. The number of amidine groups is 2. The van der Waals surface area contributed by atoms with Gasteiger partial charge in [0.05, 0.1) is 11.0 Å². The van der Waals surface area contributed by atoms with Crippen LogP contribution >= 0.6 is 0 Å². The molecule has 13 rings (SSSR count). The van der Waals surface area contributed by atoms with E-state index in [9.17, 15) is 0 Å². The smallest absolute Gasteiger partial charge is 0.179 e. The van der Waals surface area contributed by atoms with Crippen LogP contribution in [0.2, 0.25) is 0 Å². The molecule has 2 atom stereocenters. The molecule has 2 spiro atoms. The molecule has 1 aromatic heterocycles. The Labute approximate surface area is 342 Å². The lowest BCUT2D eigenvalue weighted by Gasteiger charge is -2.25. The van der Waals surface area contributed by atoms with E-state index in [2.05, 4.69) is 194 Å². The SMILES string of the molecule is CC1(C)c2ccccc2-c2ccc3c4cc(-c5ccc6c(c5)C57C(=CC=CC5C75N=C(c7ccccc7)NC(c7ccccc7)=N5)O6)ccc4n(-c4ccccc4)c3c21. The van der Waals surface area contributed by atoms with Crippen molar-refractivity contribution in [1.29, 1.82) is 0 Å². The number of para-hydroxylation sites is 1. The first-order valence-corrected chi connectivity index (χ1v) is 20.5. The average molecular weight is 759 g/mol. The Hall–Kier alpha value is -7.24. The van der Waals surface area contributed by atoms with Gasteiger partial charge in [-0.2, -0.15) is 0 Å². The van der Waals surface area contributed by atoms with Crippen LogP contribution < -0.4 is 10.1 Å². The quantitative estimate of drug-likeness (QED) is 0.194. The minimum absolute atomic E-state index is 0.00748. The molecule has 5 heteroatoms. The topological polar surface area (TPSA) is 50.9 Å². The zero-order valence-electron chi connectivity index (χ0n) is 32.6. The summed E-state index contributed by atoms with van der Waals surface area (Å²) in [6.45, 7) is 4.76. The third-order valence-corrected chi connectivity index (χ3v) is 13.6. The van der Waals surface area contributed by atoms with Crippen LogP contribution in [0.3, 0.4) is 0 Å².